The van der Waals surface area contributed by atoms with Gasteiger partial charge in [-0.25, -0.2) is 0 Å². The smallest absolute Gasteiger partial charge is 0.0794 e. The minimum Gasteiger partial charge on any atom is -0.312 e. The molecule has 1 N–H and O–H groups in total. The molecule has 0 spiro atoms. The molecule has 0 saturated heterocycles. The summed E-state index contributed by atoms with van der Waals surface area (Å²) in [5, 5.41) is 3.52. The van der Waals surface area contributed by atoms with Crippen LogP contribution in [-0.2, 0) is 6.54 Å². The van der Waals surface area contributed by atoms with Gasteiger partial charge in [0.15, 0.2) is 0 Å². The van der Waals surface area contributed by atoms with E-state index in [-0.39, 0.29) is 0 Å². The lowest BCUT2D eigenvalue weighted by Gasteiger charge is -2.26. The van der Waals surface area contributed by atoms with Gasteiger partial charge in [-0.1, -0.05) is 26.2 Å². The first-order chi connectivity index (χ1) is 7.84. The second-order valence-electron chi connectivity index (χ2n) is 5.07. The molecule has 1 heterocycles. The Balaban J connectivity index is 1.57. The number of hydrogen-bond donors (Lipinski definition) is 1. The van der Waals surface area contributed by atoms with Gasteiger partial charge in [-0.15, -0.1) is 11.3 Å². The third-order valence-electron chi connectivity index (χ3n) is 3.56. The van der Waals surface area contributed by atoms with Crippen molar-refractivity contribution < 1.29 is 0 Å². The maximum absolute atomic E-state index is 4.08. The molecule has 1 aromatic rings. The lowest BCUT2D eigenvalue weighted by Crippen LogP contribution is -2.20. The summed E-state index contributed by atoms with van der Waals surface area (Å²) in [4.78, 5) is 5.42. The van der Waals surface area contributed by atoms with E-state index in [0.717, 1.165) is 24.9 Å². The highest BCUT2D eigenvalue weighted by atomic mass is 32.1. The number of rotatable bonds is 5. The summed E-state index contributed by atoms with van der Waals surface area (Å²) in [5.74, 6) is 1.93. The van der Waals surface area contributed by atoms with E-state index in [9.17, 15) is 0 Å². The Morgan fingerprint density at radius 2 is 2.44 bits per heavy atom. The van der Waals surface area contributed by atoms with Crippen molar-refractivity contribution in [2.45, 2.75) is 45.6 Å². The largest absolute Gasteiger partial charge is 0.312 e. The van der Waals surface area contributed by atoms with E-state index in [1.807, 2.05) is 11.7 Å². The normalized spacial score (nSPS) is 25.8. The summed E-state index contributed by atoms with van der Waals surface area (Å²) < 4.78 is 0. The molecule has 0 amide bonds. The number of thiazole rings is 1. The Morgan fingerprint density at radius 3 is 3.19 bits per heavy atom. The molecular formula is C13H22N2S. The van der Waals surface area contributed by atoms with Crippen molar-refractivity contribution in [2.24, 2.45) is 11.8 Å². The Labute approximate surface area is 102 Å². The Morgan fingerprint density at radius 1 is 1.50 bits per heavy atom. The lowest BCUT2D eigenvalue weighted by atomic mass is 9.81. The highest BCUT2D eigenvalue weighted by Crippen LogP contribution is 2.30. The third kappa shape index (κ3) is 3.87. The Bertz CT molecular complexity index is 284. The number of nitrogens with one attached hydrogen (secondary N) is 1. The summed E-state index contributed by atoms with van der Waals surface area (Å²) in [6.45, 7) is 4.55. The van der Waals surface area contributed by atoms with Gasteiger partial charge in [0.1, 0.15) is 0 Å². The predicted molar refractivity (Wildman–Crippen MR) is 69.6 cm³/mol. The van der Waals surface area contributed by atoms with Crippen LogP contribution in [0.15, 0.2) is 11.7 Å². The summed E-state index contributed by atoms with van der Waals surface area (Å²) in [7, 11) is 0. The van der Waals surface area contributed by atoms with Gasteiger partial charge in [0.2, 0.25) is 0 Å². The molecule has 0 aliphatic heterocycles. The maximum atomic E-state index is 4.08. The molecular weight excluding hydrogens is 216 g/mol. The molecule has 2 rings (SSSR count). The first-order valence-electron chi connectivity index (χ1n) is 6.42. The summed E-state index contributed by atoms with van der Waals surface area (Å²) in [5.41, 5.74) is 1.90. The van der Waals surface area contributed by atoms with E-state index in [0.29, 0.717) is 0 Å². The monoisotopic (exact) mass is 238 g/mol. The SMILES string of the molecule is CC1CCCC(CCNCc2cncs2)C1. The van der Waals surface area contributed by atoms with Crippen molar-refractivity contribution >= 4 is 11.3 Å². The van der Waals surface area contributed by atoms with Crippen LogP contribution in [0.25, 0.3) is 0 Å². The molecule has 1 aliphatic carbocycles. The van der Waals surface area contributed by atoms with Crippen LogP contribution in [0.4, 0.5) is 0 Å². The highest BCUT2D eigenvalue weighted by Gasteiger charge is 2.17. The fraction of sp³-hybridized carbons (Fsp3) is 0.769. The number of hydrogen-bond acceptors (Lipinski definition) is 3. The summed E-state index contributed by atoms with van der Waals surface area (Å²) >= 11 is 1.74. The van der Waals surface area contributed by atoms with E-state index >= 15 is 0 Å². The molecule has 1 fully saturated rings. The van der Waals surface area contributed by atoms with E-state index < -0.39 is 0 Å². The Kier molecular flexibility index (Phi) is 4.79. The molecule has 0 radical (unpaired) electrons. The molecule has 2 atom stereocenters. The van der Waals surface area contributed by atoms with Crippen molar-refractivity contribution in [3.8, 4) is 0 Å². The highest BCUT2D eigenvalue weighted by molar-refractivity contribution is 7.09. The fourth-order valence-electron chi connectivity index (χ4n) is 2.67. The van der Waals surface area contributed by atoms with E-state index in [4.69, 9.17) is 0 Å². The molecule has 2 unspecified atom stereocenters. The molecule has 1 aliphatic rings. The minimum absolute atomic E-state index is 0.959. The summed E-state index contributed by atoms with van der Waals surface area (Å²) in [6.07, 6.45) is 9.10. The van der Waals surface area contributed by atoms with Crippen LogP contribution in [0.1, 0.15) is 43.9 Å². The fourth-order valence-corrected chi connectivity index (χ4v) is 3.23. The predicted octanol–water partition coefficient (Wildman–Crippen LogP) is 3.45. The van der Waals surface area contributed by atoms with Gasteiger partial charge in [0, 0.05) is 17.6 Å². The van der Waals surface area contributed by atoms with E-state index in [1.54, 1.807) is 11.3 Å². The maximum Gasteiger partial charge on any atom is 0.0794 e. The Hall–Kier alpha value is -0.410. The van der Waals surface area contributed by atoms with Crippen LogP contribution >= 0.6 is 11.3 Å². The van der Waals surface area contributed by atoms with Gasteiger partial charge in [0.25, 0.3) is 0 Å². The molecule has 2 nitrogen and oxygen atoms in total. The molecule has 16 heavy (non-hydrogen) atoms. The van der Waals surface area contributed by atoms with Crippen LogP contribution in [-0.4, -0.2) is 11.5 Å². The zero-order valence-corrected chi connectivity index (χ0v) is 10.9. The van der Waals surface area contributed by atoms with Gasteiger partial charge >= 0.3 is 0 Å². The minimum atomic E-state index is 0.959. The van der Waals surface area contributed by atoms with Crippen molar-refractivity contribution in [3.05, 3.63) is 16.6 Å². The van der Waals surface area contributed by atoms with Gasteiger partial charge < -0.3 is 5.32 Å². The standard InChI is InChI=1S/C13H22N2S/c1-11-3-2-4-12(7-11)5-6-14-8-13-9-15-10-16-13/h9-12,14H,2-8H2,1H3. The molecule has 0 bridgehead atoms. The van der Waals surface area contributed by atoms with Gasteiger partial charge in [-0.3, -0.25) is 4.98 Å². The van der Waals surface area contributed by atoms with Crippen LogP contribution in [0.2, 0.25) is 0 Å². The van der Waals surface area contributed by atoms with Crippen LogP contribution in [0.3, 0.4) is 0 Å². The van der Waals surface area contributed by atoms with Gasteiger partial charge in [-0.05, 0) is 31.2 Å². The zero-order chi connectivity index (χ0) is 11.2. The van der Waals surface area contributed by atoms with Gasteiger partial charge in [0.05, 0.1) is 5.51 Å². The van der Waals surface area contributed by atoms with Crippen LogP contribution in [0.5, 0.6) is 0 Å². The second kappa shape index (κ2) is 6.36. The average Bonchev–Trinajstić information content (AvgIpc) is 2.77. The van der Waals surface area contributed by atoms with Crippen molar-refractivity contribution in [2.75, 3.05) is 6.54 Å². The first-order valence-corrected chi connectivity index (χ1v) is 7.30. The van der Waals surface area contributed by atoms with Gasteiger partial charge in [-0.2, -0.15) is 0 Å². The molecule has 1 aromatic heterocycles. The second-order valence-corrected chi connectivity index (χ2v) is 6.04. The number of nitrogens with zero attached hydrogens (tertiary/aromatic N) is 1. The third-order valence-corrected chi connectivity index (χ3v) is 4.34. The topological polar surface area (TPSA) is 24.9 Å². The summed E-state index contributed by atoms with van der Waals surface area (Å²) in [6, 6.07) is 0. The van der Waals surface area contributed by atoms with E-state index in [2.05, 4.69) is 17.2 Å². The quantitative estimate of drug-likeness (QED) is 0.795. The molecule has 0 aromatic carbocycles. The van der Waals surface area contributed by atoms with Crippen LogP contribution in [0, 0.1) is 11.8 Å². The first kappa shape index (κ1) is 12.1. The van der Waals surface area contributed by atoms with Crippen molar-refractivity contribution in [1.82, 2.24) is 10.3 Å². The van der Waals surface area contributed by atoms with Crippen molar-refractivity contribution in [1.29, 1.82) is 0 Å². The molecule has 3 heteroatoms. The lowest BCUT2D eigenvalue weighted by molar-refractivity contribution is 0.267. The average molecular weight is 238 g/mol. The number of aromatic nitrogens is 1. The van der Waals surface area contributed by atoms with Crippen molar-refractivity contribution in [3.63, 3.8) is 0 Å². The molecule has 90 valence electrons. The zero-order valence-electron chi connectivity index (χ0n) is 10.1. The molecule has 1 saturated carbocycles. The van der Waals surface area contributed by atoms with E-state index in [1.165, 1.54) is 37.0 Å². The van der Waals surface area contributed by atoms with Crippen LogP contribution < -0.4 is 5.32 Å².